The van der Waals surface area contributed by atoms with Crippen LogP contribution in [-0.4, -0.2) is 66.5 Å². The van der Waals surface area contributed by atoms with Crippen LogP contribution >= 0.6 is 0 Å². The van der Waals surface area contributed by atoms with Gasteiger partial charge in [0.1, 0.15) is 18.8 Å². The predicted molar refractivity (Wildman–Crippen MR) is 212 cm³/mol. The first-order chi connectivity index (χ1) is 26.2. The molecule has 3 saturated carbocycles. The number of esters is 1. The number of hydrogen-bond donors (Lipinski definition) is 2. The molecule has 4 fully saturated rings. The number of alkyl carbamates (subject to hydrolysis) is 1. The smallest absolute Gasteiger partial charge is 0.407 e. The second kappa shape index (κ2) is 14.9. The third kappa shape index (κ3) is 6.17. The zero-order valence-electron chi connectivity index (χ0n) is 35.7. The Labute approximate surface area is 334 Å². The van der Waals surface area contributed by atoms with E-state index in [4.69, 9.17) is 18.9 Å². The molecule has 1 heterocycles. The fourth-order valence-corrected chi connectivity index (χ4v) is 12.9. The first-order valence-corrected chi connectivity index (χ1v) is 21.0. The van der Waals surface area contributed by atoms with Crippen LogP contribution in [0.4, 0.5) is 4.79 Å². The number of rotatable bonds is 11. The molecule has 1 saturated heterocycles. The summed E-state index contributed by atoms with van der Waals surface area (Å²) in [5.41, 5.74) is -3.07. The lowest BCUT2D eigenvalue weighted by Crippen LogP contribution is -2.73. The summed E-state index contributed by atoms with van der Waals surface area (Å²) in [6.45, 7) is 23.0. The van der Waals surface area contributed by atoms with Crippen molar-refractivity contribution < 1.29 is 43.2 Å². The molecule has 0 radical (unpaired) electrons. The molecular weight excluding hydrogens is 711 g/mol. The van der Waals surface area contributed by atoms with Gasteiger partial charge in [0.2, 0.25) is 0 Å². The molecular formula is C46H67NO9. The van der Waals surface area contributed by atoms with Crippen molar-refractivity contribution in [2.45, 2.75) is 133 Å². The van der Waals surface area contributed by atoms with Gasteiger partial charge in [-0.2, -0.15) is 0 Å². The summed E-state index contributed by atoms with van der Waals surface area (Å²) in [5.74, 6) is -1.74. The molecule has 1 amide bonds. The molecule has 310 valence electrons. The van der Waals surface area contributed by atoms with Crippen LogP contribution in [0.1, 0.15) is 114 Å². The van der Waals surface area contributed by atoms with E-state index in [1.165, 1.54) is 6.92 Å². The lowest BCUT2D eigenvalue weighted by molar-refractivity contribution is -0.270. The van der Waals surface area contributed by atoms with Gasteiger partial charge in [0.05, 0.1) is 36.2 Å². The maximum atomic E-state index is 15.2. The van der Waals surface area contributed by atoms with Gasteiger partial charge in [-0.05, 0) is 91.6 Å². The van der Waals surface area contributed by atoms with Crippen molar-refractivity contribution in [3.8, 4) is 0 Å². The van der Waals surface area contributed by atoms with Crippen molar-refractivity contribution in [1.82, 2.24) is 5.32 Å². The number of carbonyl (C=O) groups excluding carboxylic acids is 3. The van der Waals surface area contributed by atoms with E-state index in [0.29, 0.717) is 19.6 Å². The van der Waals surface area contributed by atoms with Crippen LogP contribution in [0.15, 0.2) is 42.0 Å². The minimum atomic E-state index is -1.24. The lowest BCUT2D eigenvalue weighted by Gasteiger charge is -2.71. The third-order valence-electron chi connectivity index (χ3n) is 16.7. The first kappa shape index (κ1) is 42.4. The highest BCUT2D eigenvalue weighted by Gasteiger charge is 2.77. The average molecular weight is 778 g/mol. The number of ether oxygens (including phenoxy) is 4. The number of nitrogens with one attached hydrogen (secondary N) is 1. The number of carbonyl (C=O) groups is 4. The van der Waals surface area contributed by atoms with Crippen molar-refractivity contribution in [2.24, 2.45) is 62.6 Å². The molecule has 10 nitrogen and oxygen atoms in total. The lowest BCUT2D eigenvalue weighted by atomic mass is 9.32. The van der Waals surface area contributed by atoms with Gasteiger partial charge in [-0.15, -0.1) is 0 Å². The van der Waals surface area contributed by atoms with Gasteiger partial charge >= 0.3 is 18.0 Å². The van der Waals surface area contributed by atoms with E-state index in [0.717, 1.165) is 36.8 Å². The third-order valence-corrected chi connectivity index (χ3v) is 16.7. The van der Waals surface area contributed by atoms with E-state index in [-0.39, 0.29) is 54.5 Å². The number of carboxylic acid groups (broad SMARTS) is 1. The molecule has 12 atom stereocenters. The Morgan fingerprint density at radius 3 is 2.30 bits per heavy atom. The molecule has 0 aromatic heterocycles. The Morgan fingerprint density at radius 1 is 1.02 bits per heavy atom. The predicted octanol–water partition coefficient (Wildman–Crippen LogP) is 8.41. The molecule has 10 heteroatoms. The number of aliphatic carboxylic acids is 1. The van der Waals surface area contributed by atoms with Crippen molar-refractivity contribution in [2.75, 3.05) is 19.8 Å². The molecule has 5 aliphatic rings. The fraction of sp³-hybridized carbons (Fsp3) is 0.739. The van der Waals surface area contributed by atoms with Crippen LogP contribution in [-0.2, 0) is 39.9 Å². The highest BCUT2D eigenvalue weighted by molar-refractivity contribution is 6.02. The van der Waals surface area contributed by atoms with Crippen molar-refractivity contribution in [1.29, 1.82) is 0 Å². The van der Waals surface area contributed by atoms with Crippen molar-refractivity contribution >= 4 is 23.8 Å². The van der Waals surface area contributed by atoms with Crippen LogP contribution < -0.4 is 5.32 Å². The first-order valence-electron chi connectivity index (χ1n) is 21.0. The van der Waals surface area contributed by atoms with Crippen LogP contribution in [0.5, 0.6) is 0 Å². The molecule has 56 heavy (non-hydrogen) atoms. The van der Waals surface area contributed by atoms with Crippen molar-refractivity contribution in [3.63, 3.8) is 0 Å². The number of fused-ring (bicyclic) bond motifs is 3. The summed E-state index contributed by atoms with van der Waals surface area (Å²) in [6.07, 6.45) is 3.67. The maximum absolute atomic E-state index is 15.2. The van der Waals surface area contributed by atoms with Gasteiger partial charge in [-0.25, -0.2) is 4.79 Å². The summed E-state index contributed by atoms with van der Waals surface area (Å²) < 4.78 is 25.3. The molecule has 0 spiro atoms. The highest BCUT2D eigenvalue weighted by atomic mass is 16.6. The van der Waals surface area contributed by atoms with E-state index in [1.54, 1.807) is 0 Å². The average Bonchev–Trinajstić information content (AvgIpc) is 3.12. The number of amides is 1. The monoisotopic (exact) mass is 777 g/mol. The zero-order valence-corrected chi connectivity index (χ0v) is 35.7. The largest absolute Gasteiger partial charge is 0.481 e. The number of hydrogen-bond acceptors (Lipinski definition) is 8. The minimum absolute atomic E-state index is 0.0320. The molecule has 1 aliphatic heterocycles. The second-order valence-electron chi connectivity index (χ2n) is 19.8. The number of ketones is 1. The summed E-state index contributed by atoms with van der Waals surface area (Å²) in [5, 5.41) is 14.4. The summed E-state index contributed by atoms with van der Waals surface area (Å²) in [4.78, 5) is 55.0. The maximum Gasteiger partial charge on any atom is 0.407 e. The van der Waals surface area contributed by atoms with Crippen molar-refractivity contribution in [3.05, 3.63) is 47.5 Å². The van der Waals surface area contributed by atoms with Crippen LogP contribution in [0.2, 0.25) is 0 Å². The Morgan fingerprint density at radius 2 is 1.70 bits per heavy atom. The van der Waals surface area contributed by atoms with E-state index in [2.05, 4.69) is 33.0 Å². The normalized spacial score (nSPS) is 39.3. The van der Waals surface area contributed by atoms with Gasteiger partial charge in [-0.1, -0.05) is 98.2 Å². The number of benzene rings is 1. The van der Waals surface area contributed by atoms with E-state index in [9.17, 15) is 19.5 Å². The van der Waals surface area contributed by atoms with Gasteiger partial charge in [0.25, 0.3) is 0 Å². The standard InChI is InChI=1S/C46H67NO9/c1-27(2)30(6)46(39(50)51)29(5)19-20-42(9)33-17-18-36-41(8)24-53-26-45(36,34(33)21-37(49)44(42,46)11)22-35(56-31(7)48)38(41)55-25-43(10,28(3)4)47-40(52)54-23-32-15-13-12-14-16-32/h12-16,21,27-30,33,35-36,38H,17-20,22-26H2,1-11H3,(H,47,52)(H,50,51)/t29?,30-,33+,35-,36+,38+,41-,42-,43-,44-,45+,46-/m1/s1. The van der Waals surface area contributed by atoms with Gasteiger partial charge in [-0.3, -0.25) is 14.4 Å². The Bertz CT molecular complexity index is 1730. The molecule has 2 N–H and O–H groups in total. The number of allylic oxidation sites excluding steroid dienone is 1. The second-order valence-corrected chi connectivity index (χ2v) is 19.8. The van der Waals surface area contributed by atoms with Gasteiger partial charge in [0.15, 0.2) is 5.78 Å². The molecule has 1 aromatic carbocycles. The fourth-order valence-electron chi connectivity index (χ4n) is 12.9. The SMILES string of the molecule is CC(=O)O[C@@H]1C[C@@]23COC[C@](C)([C@@H]2CC[C@H]2C3=CC(=O)[C@]3(C)[C@]2(C)CCC(C)[C@]3(C(=O)O)[C@H](C)C(C)C)[C@H]1OC[C@@](C)(NC(=O)OCc1ccccc1)C(C)C. The van der Waals surface area contributed by atoms with Gasteiger partial charge < -0.3 is 29.4 Å². The minimum Gasteiger partial charge on any atom is -0.481 e. The quantitative estimate of drug-likeness (QED) is 0.212. The molecule has 6 rings (SSSR count). The summed E-state index contributed by atoms with van der Waals surface area (Å²) in [7, 11) is 0. The molecule has 1 unspecified atom stereocenters. The van der Waals surface area contributed by atoms with E-state index < -0.39 is 62.9 Å². The van der Waals surface area contributed by atoms with Gasteiger partial charge in [0, 0.05) is 17.8 Å². The molecule has 1 aromatic rings. The summed E-state index contributed by atoms with van der Waals surface area (Å²) in [6, 6.07) is 9.52. The zero-order chi connectivity index (χ0) is 41.2. The van der Waals surface area contributed by atoms with Crippen LogP contribution in [0.3, 0.4) is 0 Å². The Kier molecular flexibility index (Phi) is 11.2. The Hall–Kier alpha value is -3.24. The van der Waals surface area contributed by atoms with Crippen LogP contribution in [0, 0.1) is 62.6 Å². The Balaban J connectivity index is 1.35. The summed E-state index contributed by atoms with van der Waals surface area (Å²) >= 11 is 0. The van der Waals surface area contributed by atoms with E-state index >= 15 is 4.79 Å². The van der Waals surface area contributed by atoms with E-state index in [1.807, 2.05) is 78.0 Å². The highest BCUT2D eigenvalue weighted by Crippen LogP contribution is 2.76. The molecule has 2 bridgehead atoms. The molecule has 4 aliphatic carbocycles. The topological polar surface area (TPSA) is 137 Å². The number of carboxylic acids is 1. The van der Waals surface area contributed by atoms with Crippen LogP contribution in [0.25, 0.3) is 0 Å².